The Kier molecular flexibility index (Phi) is 7.42. The second kappa shape index (κ2) is 9.66. The van der Waals surface area contributed by atoms with E-state index in [2.05, 4.69) is 14.9 Å². The van der Waals surface area contributed by atoms with Crippen LogP contribution >= 0.6 is 23.2 Å². The number of hydrogen-bond donors (Lipinski definition) is 2. The Morgan fingerprint density at radius 2 is 1.90 bits per heavy atom. The summed E-state index contributed by atoms with van der Waals surface area (Å²) in [6.07, 6.45) is 1.65. The number of hydrogen-bond acceptors (Lipinski definition) is 4. The van der Waals surface area contributed by atoms with Crippen molar-refractivity contribution in [1.29, 1.82) is 0 Å². The van der Waals surface area contributed by atoms with Crippen LogP contribution in [0.15, 0.2) is 41.3 Å². The van der Waals surface area contributed by atoms with Crippen LogP contribution in [0, 0.1) is 12.8 Å². The summed E-state index contributed by atoms with van der Waals surface area (Å²) in [4.78, 5) is 15.2. The molecule has 2 N–H and O–H groups in total. The van der Waals surface area contributed by atoms with Gasteiger partial charge in [-0.05, 0) is 63.2 Å². The van der Waals surface area contributed by atoms with Crippen molar-refractivity contribution in [2.75, 3.05) is 25.5 Å². The van der Waals surface area contributed by atoms with E-state index < -0.39 is 10.0 Å². The molecular formula is C21H25Cl2N3O3S. The number of carbonyl (C=O) groups excluding carboxylic acids is 1. The first kappa shape index (κ1) is 23.0. The first-order valence-electron chi connectivity index (χ1n) is 9.71. The molecule has 1 aliphatic heterocycles. The van der Waals surface area contributed by atoms with E-state index in [0.29, 0.717) is 28.8 Å². The molecule has 0 aliphatic carbocycles. The molecule has 6 nitrogen and oxygen atoms in total. The van der Waals surface area contributed by atoms with Gasteiger partial charge in [0.25, 0.3) is 0 Å². The predicted octanol–water partition coefficient (Wildman–Crippen LogP) is 4.06. The lowest BCUT2D eigenvalue weighted by atomic mass is 9.96. The van der Waals surface area contributed by atoms with Crippen LogP contribution in [-0.2, 0) is 21.4 Å². The minimum atomic E-state index is -3.58. The molecule has 0 aromatic heterocycles. The fourth-order valence-electron chi connectivity index (χ4n) is 3.58. The van der Waals surface area contributed by atoms with Gasteiger partial charge in [-0.3, -0.25) is 9.69 Å². The van der Waals surface area contributed by atoms with Crippen molar-refractivity contribution in [1.82, 2.24) is 9.62 Å². The van der Waals surface area contributed by atoms with E-state index in [4.69, 9.17) is 23.2 Å². The highest BCUT2D eigenvalue weighted by molar-refractivity contribution is 7.89. The van der Waals surface area contributed by atoms with Crippen LogP contribution in [-0.4, -0.2) is 39.4 Å². The first-order valence-corrected chi connectivity index (χ1v) is 12.0. The quantitative estimate of drug-likeness (QED) is 0.668. The SMILES string of the molecule is CNS(=O)(=O)c1ccc(C)c(NC(=O)[C@H]2CCCN(Cc3c(Cl)cccc3Cl)C2)c1. The summed E-state index contributed by atoms with van der Waals surface area (Å²) in [5.74, 6) is -0.323. The van der Waals surface area contributed by atoms with E-state index in [1.165, 1.54) is 19.2 Å². The van der Waals surface area contributed by atoms with Gasteiger partial charge in [0.1, 0.15) is 0 Å². The third-order valence-electron chi connectivity index (χ3n) is 5.37. The number of anilines is 1. The summed E-state index contributed by atoms with van der Waals surface area (Å²) in [5, 5.41) is 4.15. The molecule has 2 aromatic carbocycles. The van der Waals surface area contributed by atoms with E-state index in [1.807, 2.05) is 25.1 Å². The number of rotatable bonds is 6. The Balaban J connectivity index is 1.71. The highest BCUT2D eigenvalue weighted by Crippen LogP contribution is 2.28. The van der Waals surface area contributed by atoms with E-state index in [-0.39, 0.29) is 16.7 Å². The highest BCUT2D eigenvalue weighted by atomic mass is 35.5. The molecule has 0 spiro atoms. The van der Waals surface area contributed by atoms with Crippen LogP contribution in [0.3, 0.4) is 0 Å². The van der Waals surface area contributed by atoms with Crippen molar-refractivity contribution in [2.45, 2.75) is 31.2 Å². The molecule has 1 fully saturated rings. The maximum absolute atomic E-state index is 12.9. The lowest BCUT2D eigenvalue weighted by molar-refractivity contribution is -0.121. The molecule has 162 valence electrons. The van der Waals surface area contributed by atoms with E-state index in [9.17, 15) is 13.2 Å². The number of piperidine rings is 1. The maximum atomic E-state index is 12.9. The fraction of sp³-hybridized carbons (Fsp3) is 0.381. The predicted molar refractivity (Wildman–Crippen MR) is 121 cm³/mol. The van der Waals surface area contributed by atoms with Crippen LogP contribution in [0.25, 0.3) is 0 Å². The van der Waals surface area contributed by atoms with E-state index in [1.54, 1.807) is 6.07 Å². The maximum Gasteiger partial charge on any atom is 0.240 e. The van der Waals surface area contributed by atoms with E-state index >= 15 is 0 Å². The second-order valence-electron chi connectivity index (χ2n) is 7.45. The van der Waals surface area contributed by atoms with Crippen LogP contribution < -0.4 is 10.0 Å². The van der Waals surface area contributed by atoms with Gasteiger partial charge in [-0.25, -0.2) is 13.1 Å². The van der Waals surface area contributed by atoms with Gasteiger partial charge in [0.2, 0.25) is 15.9 Å². The lowest BCUT2D eigenvalue weighted by Crippen LogP contribution is -2.40. The van der Waals surface area contributed by atoms with Gasteiger partial charge in [0.15, 0.2) is 0 Å². The van der Waals surface area contributed by atoms with Crippen molar-refractivity contribution in [3.63, 3.8) is 0 Å². The van der Waals surface area contributed by atoms with Crippen LogP contribution in [0.2, 0.25) is 10.0 Å². The van der Waals surface area contributed by atoms with Crippen molar-refractivity contribution < 1.29 is 13.2 Å². The Hall–Kier alpha value is -1.64. The Morgan fingerprint density at radius 1 is 1.20 bits per heavy atom. The summed E-state index contributed by atoms with van der Waals surface area (Å²) in [6.45, 7) is 3.86. The number of carbonyl (C=O) groups is 1. The number of likely N-dealkylation sites (tertiary alicyclic amines) is 1. The molecule has 0 saturated carbocycles. The van der Waals surface area contributed by atoms with E-state index in [0.717, 1.165) is 30.5 Å². The smallest absolute Gasteiger partial charge is 0.240 e. The minimum Gasteiger partial charge on any atom is -0.326 e. The summed E-state index contributed by atoms with van der Waals surface area (Å²) < 4.78 is 26.4. The fourth-order valence-corrected chi connectivity index (χ4v) is 4.85. The van der Waals surface area contributed by atoms with Gasteiger partial charge >= 0.3 is 0 Å². The summed E-state index contributed by atoms with van der Waals surface area (Å²) in [7, 11) is -2.23. The molecule has 1 atom stereocenters. The number of amides is 1. The zero-order valence-corrected chi connectivity index (χ0v) is 19.2. The summed E-state index contributed by atoms with van der Waals surface area (Å²) >= 11 is 12.6. The Morgan fingerprint density at radius 3 is 2.57 bits per heavy atom. The molecule has 0 radical (unpaired) electrons. The monoisotopic (exact) mass is 469 g/mol. The molecule has 0 unspecified atom stereocenters. The Labute approximate surface area is 187 Å². The molecule has 1 heterocycles. The normalized spacial score (nSPS) is 17.7. The summed E-state index contributed by atoms with van der Waals surface area (Å²) in [6, 6.07) is 10.1. The van der Waals surface area contributed by atoms with Gasteiger partial charge in [-0.2, -0.15) is 0 Å². The van der Waals surface area contributed by atoms with Crippen molar-refractivity contribution in [3.05, 3.63) is 57.6 Å². The Bertz CT molecular complexity index is 1020. The summed E-state index contributed by atoms with van der Waals surface area (Å²) in [5.41, 5.74) is 2.17. The molecular weight excluding hydrogens is 445 g/mol. The number of nitrogens with one attached hydrogen (secondary N) is 2. The minimum absolute atomic E-state index is 0.115. The standard InChI is InChI=1S/C21H25Cl2N3O3S/c1-14-8-9-16(30(28,29)24-2)11-20(14)25-21(27)15-5-4-10-26(12-15)13-17-18(22)6-3-7-19(17)23/h3,6-9,11,15,24H,4-5,10,12-13H2,1-2H3,(H,25,27)/t15-/m0/s1. The van der Waals surface area contributed by atoms with Crippen LogP contribution in [0.4, 0.5) is 5.69 Å². The van der Waals surface area contributed by atoms with Gasteiger partial charge in [-0.15, -0.1) is 0 Å². The van der Waals surface area contributed by atoms with Crippen LogP contribution in [0.5, 0.6) is 0 Å². The molecule has 1 amide bonds. The lowest BCUT2D eigenvalue weighted by Gasteiger charge is -2.32. The number of aryl methyl sites for hydroxylation is 1. The van der Waals surface area contributed by atoms with Crippen LogP contribution in [0.1, 0.15) is 24.0 Å². The zero-order valence-electron chi connectivity index (χ0n) is 16.9. The van der Waals surface area contributed by atoms with Crippen molar-refractivity contribution >= 4 is 44.8 Å². The molecule has 2 aromatic rings. The van der Waals surface area contributed by atoms with Gasteiger partial charge in [-0.1, -0.05) is 35.3 Å². The highest BCUT2D eigenvalue weighted by Gasteiger charge is 2.27. The third kappa shape index (κ3) is 5.34. The molecule has 3 rings (SSSR count). The molecule has 1 aliphatic rings. The molecule has 9 heteroatoms. The number of nitrogens with zero attached hydrogens (tertiary/aromatic N) is 1. The molecule has 30 heavy (non-hydrogen) atoms. The van der Waals surface area contributed by atoms with Gasteiger partial charge in [0.05, 0.1) is 10.8 Å². The van der Waals surface area contributed by atoms with Crippen molar-refractivity contribution in [3.8, 4) is 0 Å². The third-order valence-corrected chi connectivity index (χ3v) is 7.49. The average molecular weight is 470 g/mol. The van der Waals surface area contributed by atoms with Gasteiger partial charge < -0.3 is 5.32 Å². The van der Waals surface area contributed by atoms with Crippen molar-refractivity contribution in [2.24, 2.45) is 5.92 Å². The van der Waals surface area contributed by atoms with Gasteiger partial charge in [0, 0.05) is 34.4 Å². The molecule has 0 bridgehead atoms. The largest absolute Gasteiger partial charge is 0.326 e. The number of sulfonamides is 1. The second-order valence-corrected chi connectivity index (χ2v) is 10.1. The topological polar surface area (TPSA) is 78.5 Å². The zero-order chi connectivity index (χ0) is 21.9. The number of benzene rings is 2. The average Bonchev–Trinajstić information content (AvgIpc) is 2.72. The molecule has 1 saturated heterocycles. The number of halogens is 2. The first-order chi connectivity index (χ1) is 14.2.